The van der Waals surface area contributed by atoms with Crippen molar-refractivity contribution in [2.75, 3.05) is 31.1 Å². The van der Waals surface area contributed by atoms with Gasteiger partial charge in [-0.15, -0.1) is 0 Å². The van der Waals surface area contributed by atoms with Gasteiger partial charge in [0.15, 0.2) is 0 Å². The van der Waals surface area contributed by atoms with Gasteiger partial charge in [-0.05, 0) is 43.9 Å². The molecule has 0 amide bonds. The molecule has 0 spiro atoms. The Morgan fingerprint density at radius 2 is 1.86 bits per heavy atom. The second-order valence-electron chi connectivity index (χ2n) is 8.19. The molecular weight excluding hydrogens is 360 g/mol. The molecule has 0 saturated carbocycles. The number of likely N-dealkylation sites (tertiary alicyclic amines) is 1. The van der Waals surface area contributed by atoms with E-state index in [1.807, 2.05) is 18.5 Å². The smallest absolute Gasteiger partial charge is 0.225 e. The van der Waals surface area contributed by atoms with E-state index in [1.54, 1.807) is 0 Å². The maximum Gasteiger partial charge on any atom is 0.225 e. The van der Waals surface area contributed by atoms with Crippen LogP contribution in [0.1, 0.15) is 42.9 Å². The summed E-state index contributed by atoms with van der Waals surface area (Å²) in [4.78, 5) is 14.2. The zero-order chi connectivity index (χ0) is 19.5. The summed E-state index contributed by atoms with van der Waals surface area (Å²) in [6.45, 7) is 5.32. The summed E-state index contributed by atoms with van der Waals surface area (Å²) in [7, 11) is 0. The Morgan fingerprint density at radius 3 is 2.72 bits per heavy atom. The number of rotatable bonds is 5. The van der Waals surface area contributed by atoms with Gasteiger partial charge in [-0.25, -0.2) is 9.97 Å². The molecule has 0 aliphatic carbocycles. The molecule has 0 radical (unpaired) electrons. The molecule has 6 nitrogen and oxygen atoms in total. The Hall–Kier alpha value is -2.73. The van der Waals surface area contributed by atoms with Gasteiger partial charge in [-0.1, -0.05) is 30.3 Å². The number of aromatic nitrogens is 4. The predicted molar refractivity (Wildman–Crippen MR) is 115 cm³/mol. The van der Waals surface area contributed by atoms with Crippen molar-refractivity contribution in [1.82, 2.24) is 25.1 Å². The van der Waals surface area contributed by atoms with E-state index in [1.165, 1.54) is 36.9 Å². The first kappa shape index (κ1) is 18.3. The van der Waals surface area contributed by atoms with Gasteiger partial charge in [-0.2, -0.15) is 5.10 Å². The second kappa shape index (κ2) is 8.33. The van der Waals surface area contributed by atoms with Crippen LogP contribution in [0.2, 0.25) is 0 Å². The van der Waals surface area contributed by atoms with Gasteiger partial charge in [0.2, 0.25) is 5.95 Å². The molecule has 4 heterocycles. The monoisotopic (exact) mass is 388 g/mol. The number of hydrogen-bond donors (Lipinski definition) is 1. The molecule has 1 atom stereocenters. The minimum atomic E-state index is 0.454. The van der Waals surface area contributed by atoms with Crippen LogP contribution in [0.3, 0.4) is 0 Å². The zero-order valence-electron chi connectivity index (χ0n) is 16.8. The van der Waals surface area contributed by atoms with Gasteiger partial charge in [0.1, 0.15) is 0 Å². The molecule has 2 aliphatic heterocycles. The number of piperidine rings is 1. The summed E-state index contributed by atoms with van der Waals surface area (Å²) >= 11 is 0. The average molecular weight is 389 g/mol. The highest BCUT2D eigenvalue weighted by atomic mass is 15.3. The molecule has 0 unspecified atom stereocenters. The van der Waals surface area contributed by atoms with E-state index in [0.717, 1.165) is 49.9 Å². The van der Waals surface area contributed by atoms with Crippen molar-refractivity contribution in [2.45, 2.75) is 38.1 Å². The molecule has 0 bridgehead atoms. The fraction of sp³-hybridized carbons (Fsp3) is 0.435. The summed E-state index contributed by atoms with van der Waals surface area (Å²) in [5, 5.41) is 7.69. The molecule has 2 aromatic heterocycles. The Kier molecular flexibility index (Phi) is 5.26. The standard InChI is InChI=1S/C23H28N6/c1-2-7-18(8-3-1)16-28-12-6-9-19(17-28)22-20(15-25-27-22)21-10-11-24-23(26-21)29-13-4-5-14-29/h1-3,7-8,10-11,15,19H,4-6,9,12-14,16-17H2,(H,25,27)/t19-/m1/s1. The number of aromatic amines is 1. The van der Waals surface area contributed by atoms with Gasteiger partial charge in [0.25, 0.3) is 0 Å². The van der Waals surface area contributed by atoms with Gasteiger partial charge in [0, 0.05) is 49.6 Å². The van der Waals surface area contributed by atoms with Crippen molar-refractivity contribution in [1.29, 1.82) is 0 Å². The maximum atomic E-state index is 4.88. The van der Waals surface area contributed by atoms with Crippen LogP contribution >= 0.6 is 0 Å². The lowest BCUT2D eigenvalue weighted by atomic mass is 9.91. The van der Waals surface area contributed by atoms with Crippen LogP contribution in [0.25, 0.3) is 11.3 Å². The van der Waals surface area contributed by atoms with Crippen LogP contribution < -0.4 is 4.90 Å². The van der Waals surface area contributed by atoms with Gasteiger partial charge >= 0.3 is 0 Å². The number of nitrogens with zero attached hydrogens (tertiary/aromatic N) is 5. The minimum absolute atomic E-state index is 0.454. The van der Waals surface area contributed by atoms with E-state index in [4.69, 9.17) is 4.98 Å². The topological polar surface area (TPSA) is 60.9 Å². The van der Waals surface area contributed by atoms with Crippen molar-refractivity contribution >= 4 is 5.95 Å². The van der Waals surface area contributed by atoms with Crippen molar-refractivity contribution in [3.05, 3.63) is 60.0 Å². The van der Waals surface area contributed by atoms with E-state index in [9.17, 15) is 0 Å². The molecule has 3 aromatic rings. The number of nitrogens with one attached hydrogen (secondary N) is 1. The quantitative estimate of drug-likeness (QED) is 0.719. The predicted octanol–water partition coefficient (Wildman–Crippen LogP) is 3.85. The molecule has 2 aliphatic rings. The number of H-pyrrole nitrogens is 1. The summed E-state index contributed by atoms with van der Waals surface area (Å²) in [5.74, 6) is 1.30. The lowest BCUT2D eigenvalue weighted by molar-refractivity contribution is 0.198. The normalized spacial score (nSPS) is 20.3. The highest BCUT2D eigenvalue weighted by molar-refractivity contribution is 5.63. The number of benzene rings is 1. The third kappa shape index (κ3) is 4.03. The molecular formula is C23H28N6. The largest absolute Gasteiger partial charge is 0.341 e. The van der Waals surface area contributed by atoms with E-state index >= 15 is 0 Å². The molecule has 6 heteroatoms. The van der Waals surface area contributed by atoms with Crippen molar-refractivity contribution in [2.24, 2.45) is 0 Å². The zero-order valence-corrected chi connectivity index (χ0v) is 16.8. The lowest BCUT2D eigenvalue weighted by Gasteiger charge is -2.32. The van der Waals surface area contributed by atoms with Crippen LogP contribution in [-0.2, 0) is 6.54 Å². The van der Waals surface area contributed by atoms with Crippen LogP contribution in [0.5, 0.6) is 0 Å². The van der Waals surface area contributed by atoms with Crippen LogP contribution in [0.15, 0.2) is 48.8 Å². The molecule has 150 valence electrons. The second-order valence-corrected chi connectivity index (χ2v) is 8.19. The van der Waals surface area contributed by atoms with Crippen LogP contribution in [-0.4, -0.2) is 51.2 Å². The average Bonchev–Trinajstić information content (AvgIpc) is 3.47. The minimum Gasteiger partial charge on any atom is -0.341 e. The van der Waals surface area contributed by atoms with Gasteiger partial charge < -0.3 is 4.90 Å². The Labute approximate surface area is 172 Å². The number of anilines is 1. The van der Waals surface area contributed by atoms with Crippen molar-refractivity contribution < 1.29 is 0 Å². The Balaban J connectivity index is 1.35. The lowest BCUT2D eigenvalue weighted by Crippen LogP contribution is -2.34. The van der Waals surface area contributed by atoms with E-state index in [2.05, 4.69) is 55.3 Å². The first-order valence-electron chi connectivity index (χ1n) is 10.7. The molecule has 1 aromatic carbocycles. The van der Waals surface area contributed by atoms with Crippen molar-refractivity contribution in [3.8, 4) is 11.3 Å². The summed E-state index contributed by atoms with van der Waals surface area (Å²) in [5.41, 5.74) is 4.70. The van der Waals surface area contributed by atoms with E-state index in [-0.39, 0.29) is 0 Å². The van der Waals surface area contributed by atoms with Crippen molar-refractivity contribution in [3.63, 3.8) is 0 Å². The fourth-order valence-corrected chi connectivity index (χ4v) is 4.66. The van der Waals surface area contributed by atoms with Gasteiger partial charge in [-0.3, -0.25) is 10.00 Å². The summed E-state index contributed by atoms with van der Waals surface area (Å²) in [6, 6.07) is 12.8. The maximum absolute atomic E-state index is 4.88. The third-order valence-corrected chi connectivity index (χ3v) is 6.14. The molecule has 5 rings (SSSR count). The first-order valence-corrected chi connectivity index (χ1v) is 10.7. The highest BCUT2D eigenvalue weighted by Gasteiger charge is 2.26. The third-order valence-electron chi connectivity index (χ3n) is 6.14. The molecule has 2 fully saturated rings. The first-order chi connectivity index (χ1) is 14.4. The van der Waals surface area contributed by atoms with E-state index < -0.39 is 0 Å². The summed E-state index contributed by atoms with van der Waals surface area (Å²) < 4.78 is 0. The molecule has 29 heavy (non-hydrogen) atoms. The SMILES string of the molecule is c1ccc(CN2CCC[C@@H](c3[nH]ncc3-c3ccnc(N4CCCC4)n3)C2)cc1. The summed E-state index contributed by atoms with van der Waals surface area (Å²) in [6.07, 6.45) is 8.66. The molecule has 1 N–H and O–H groups in total. The Bertz CT molecular complexity index is 931. The van der Waals surface area contributed by atoms with Gasteiger partial charge in [0.05, 0.1) is 11.9 Å². The Morgan fingerprint density at radius 1 is 1.00 bits per heavy atom. The van der Waals surface area contributed by atoms with Crippen LogP contribution in [0, 0.1) is 0 Å². The fourth-order valence-electron chi connectivity index (χ4n) is 4.66. The van der Waals surface area contributed by atoms with E-state index in [0.29, 0.717) is 5.92 Å². The molecule has 2 saturated heterocycles. The van der Waals surface area contributed by atoms with Crippen LogP contribution in [0.4, 0.5) is 5.95 Å². The number of hydrogen-bond acceptors (Lipinski definition) is 5. The highest BCUT2D eigenvalue weighted by Crippen LogP contribution is 2.33.